The summed E-state index contributed by atoms with van der Waals surface area (Å²) < 4.78 is 11.7. The molecule has 2 amide bonds. The van der Waals surface area contributed by atoms with Gasteiger partial charge in [0.1, 0.15) is 0 Å². The maximum absolute atomic E-state index is 12.9. The second-order valence-corrected chi connectivity index (χ2v) is 10.1. The summed E-state index contributed by atoms with van der Waals surface area (Å²) in [5.74, 6) is 2.23. The quantitative estimate of drug-likeness (QED) is 0.742. The predicted octanol–water partition coefficient (Wildman–Crippen LogP) is 3.14. The molecule has 0 spiro atoms. The third-order valence-electron chi connectivity index (χ3n) is 8.13. The van der Waals surface area contributed by atoms with Gasteiger partial charge in [-0.3, -0.25) is 14.5 Å². The smallest absolute Gasteiger partial charge is 0.239 e. The first-order chi connectivity index (χ1) is 16.1. The standard InChI is InChI=1S/C26H37N3O4/c1-32-23-10-9-19-15-24(23)33-13-3-2-11-28(26(31)18-6-4-7-18)17-25(30)27-16-20-14-22(19)29-12-5-8-21(20)29/h9-10,15,18,20-22H,2-8,11-14,16-17H2,1H3,(H,27,30)/t20-,21+,22-/m1/s1. The van der Waals surface area contributed by atoms with Gasteiger partial charge in [0.25, 0.3) is 0 Å². The molecule has 3 fully saturated rings. The number of carbonyl (C=O) groups is 2. The summed E-state index contributed by atoms with van der Waals surface area (Å²) in [6.45, 7) is 3.13. The largest absolute Gasteiger partial charge is 0.493 e. The second kappa shape index (κ2) is 9.92. The highest BCUT2D eigenvalue weighted by molar-refractivity contribution is 5.86. The minimum Gasteiger partial charge on any atom is -0.493 e. The number of methoxy groups -OCH3 is 1. The zero-order chi connectivity index (χ0) is 22.8. The molecule has 180 valence electrons. The molecule has 3 atom stereocenters. The van der Waals surface area contributed by atoms with Crippen LogP contribution in [0.2, 0.25) is 0 Å². The van der Waals surface area contributed by atoms with Gasteiger partial charge in [-0.1, -0.05) is 12.5 Å². The van der Waals surface area contributed by atoms with Crippen molar-refractivity contribution in [3.63, 3.8) is 0 Å². The van der Waals surface area contributed by atoms with Gasteiger partial charge in [0, 0.05) is 31.1 Å². The summed E-state index contributed by atoms with van der Waals surface area (Å²) in [5, 5.41) is 3.19. The predicted molar refractivity (Wildman–Crippen MR) is 125 cm³/mol. The van der Waals surface area contributed by atoms with E-state index in [-0.39, 0.29) is 24.3 Å². The van der Waals surface area contributed by atoms with Crippen LogP contribution in [0.5, 0.6) is 11.5 Å². The first-order valence-corrected chi connectivity index (χ1v) is 12.8. The van der Waals surface area contributed by atoms with Gasteiger partial charge >= 0.3 is 0 Å². The molecule has 0 unspecified atom stereocenters. The number of ether oxygens (including phenoxy) is 2. The number of hydrogen-bond acceptors (Lipinski definition) is 5. The van der Waals surface area contributed by atoms with Crippen LogP contribution < -0.4 is 14.8 Å². The average Bonchev–Trinajstić information content (AvgIpc) is 3.38. The van der Waals surface area contributed by atoms with Crippen LogP contribution in [-0.2, 0) is 9.59 Å². The molecule has 1 aromatic carbocycles. The van der Waals surface area contributed by atoms with Crippen LogP contribution in [0.1, 0.15) is 63.0 Å². The number of nitrogens with one attached hydrogen (secondary N) is 1. The van der Waals surface area contributed by atoms with E-state index in [1.165, 1.54) is 18.4 Å². The van der Waals surface area contributed by atoms with Gasteiger partial charge < -0.3 is 19.7 Å². The molecule has 3 heterocycles. The molecule has 1 aromatic rings. The second-order valence-electron chi connectivity index (χ2n) is 10.1. The number of amides is 2. The number of hydrogen-bond donors (Lipinski definition) is 1. The van der Waals surface area contributed by atoms with Crippen molar-refractivity contribution in [1.82, 2.24) is 15.1 Å². The Hall–Kier alpha value is -2.28. The summed E-state index contributed by atoms with van der Waals surface area (Å²) in [4.78, 5) is 30.2. The van der Waals surface area contributed by atoms with E-state index in [4.69, 9.17) is 9.47 Å². The molecule has 4 aliphatic rings. The molecule has 4 bridgehead atoms. The molecular formula is C26H37N3O4. The summed E-state index contributed by atoms with van der Waals surface area (Å²) in [6, 6.07) is 7.19. The first kappa shape index (κ1) is 22.5. The van der Waals surface area contributed by atoms with Gasteiger partial charge in [-0.25, -0.2) is 0 Å². The molecule has 0 radical (unpaired) electrons. The van der Waals surface area contributed by atoms with Gasteiger partial charge in [0.2, 0.25) is 11.8 Å². The lowest BCUT2D eigenvalue weighted by Gasteiger charge is -2.31. The van der Waals surface area contributed by atoms with E-state index >= 15 is 0 Å². The number of carbonyl (C=O) groups excluding carboxylic acids is 2. The normalized spacial score (nSPS) is 29.1. The Bertz CT molecular complexity index is 871. The van der Waals surface area contributed by atoms with Crippen LogP contribution in [0.15, 0.2) is 18.2 Å². The lowest BCUT2D eigenvalue weighted by Crippen LogP contribution is -2.46. The van der Waals surface area contributed by atoms with E-state index < -0.39 is 0 Å². The Morgan fingerprint density at radius 1 is 1.12 bits per heavy atom. The Labute approximate surface area is 196 Å². The Balaban J connectivity index is 1.37. The molecule has 7 nitrogen and oxygen atoms in total. The highest BCUT2D eigenvalue weighted by Crippen LogP contribution is 2.46. The summed E-state index contributed by atoms with van der Waals surface area (Å²) in [6.07, 6.45) is 8.08. The number of nitrogens with zero attached hydrogens (tertiary/aromatic N) is 2. The highest BCUT2D eigenvalue weighted by atomic mass is 16.5. The van der Waals surface area contributed by atoms with Crippen molar-refractivity contribution in [3.05, 3.63) is 23.8 Å². The molecule has 1 aliphatic carbocycles. The Kier molecular flexibility index (Phi) is 6.76. The van der Waals surface area contributed by atoms with E-state index in [2.05, 4.69) is 22.3 Å². The van der Waals surface area contributed by atoms with E-state index in [1.54, 1.807) is 12.0 Å². The maximum atomic E-state index is 12.9. The van der Waals surface area contributed by atoms with E-state index in [1.807, 2.05) is 6.07 Å². The Morgan fingerprint density at radius 2 is 2.00 bits per heavy atom. The number of fused-ring (bicyclic) bond motifs is 8. The topological polar surface area (TPSA) is 71.1 Å². The SMILES string of the molecule is COc1ccc2cc1OCCCCN(C(=O)C1CCC1)CC(=O)NC[C@H]1C[C@H]2N2CCC[C@@H]12. The van der Waals surface area contributed by atoms with Gasteiger partial charge in [-0.2, -0.15) is 0 Å². The minimum absolute atomic E-state index is 0.0225. The molecule has 1 saturated carbocycles. The van der Waals surface area contributed by atoms with E-state index in [9.17, 15) is 9.59 Å². The minimum atomic E-state index is -0.0225. The fraction of sp³-hybridized carbons (Fsp3) is 0.692. The van der Waals surface area contributed by atoms with Crippen molar-refractivity contribution in [3.8, 4) is 11.5 Å². The van der Waals surface area contributed by atoms with Crippen molar-refractivity contribution >= 4 is 11.8 Å². The van der Waals surface area contributed by atoms with Crippen molar-refractivity contribution < 1.29 is 19.1 Å². The van der Waals surface area contributed by atoms with Crippen LogP contribution in [0, 0.1) is 11.8 Å². The monoisotopic (exact) mass is 455 g/mol. The van der Waals surface area contributed by atoms with Crippen LogP contribution in [0.4, 0.5) is 0 Å². The van der Waals surface area contributed by atoms with Crippen molar-refractivity contribution in [2.45, 2.75) is 63.5 Å². The molecule has 1 N–H and O–H groups in total. The van der Waals surface area contributed by atoms with Crippen molar-refractivity contribution in [2.75, 3.05) is 39.9 Å². The summed E-state index contributed by atoms with van der Waals surface area (Å²) >= 11 is 0. The van der Waals surface area contributed by atoms with Crippen LogP contribution in [-0.4, -0.2) is 67.6 Å². The third-order valence-corrected chi connectivity index (χ3v) is 8.13. The number of benzene rings is 1. The van der Waals surface area contributed by atoms with Gasteiger partial charge in [-0.05, 0) is 75.1 Å². The van der Waals surface area contributed by atoms with Crippen molar-refractivity contribution in [1.29, 1.82) is 0 Å². The van der Waals surface area contributed by atoms with Gasteiger partial charge in [-0.15, -0.1) is 0 Å². The first-order valence-electron chi connectivity index (χ1n) is 12.8. The van der Waals surface area contributed by atoms with Crippen LogP contribution in [0.3, 0.4) is 0 Å². The number of rotatable bonds is 2. The summed E-state index contributed by atoms with van der Waals surface area (Å²) in [5.41, 5.74) is 1.27. The van der Waals surface area contributed by atoms with E-state index in [0.717, 1.165) is 56.6 Å². The Morgan fingerprint density at radius 3 is 2.79 bits per heavy atom. The molecule has 2 saturated heterocycles. The molecule has 7 heteroatoms. The molecular weight excluding hydrogens is 418 g/mol. The van der Waals surface area contributed by atoms with E-state index in [0.29, 0.717) is 37.7 Å². The zero-order valence-electron chi connectivity index (χ0n) is 19.8. The molecule has 0 aromatic heterocycles. The molecule has 5 rings (SSSR count). The summed E-state index contributed by atoms with van der Waals surface area (Å²) in [7, 11) is 1.68. The van der Waals surface area contributed by atoms with Gasteiger partial charge in [0.05, 0.1) is 20.3 Å². The lowest BCUT2D eigenvalue weighted by atomic mass is 9.84. The molecule has 33 heavy (non-hydrogen) atoms. The average molecular weight is 456 g/mol. The lowest BCUT2D eigenvalue weighted by molar-refractivity contribution is -0.141. The highest BCUT2D eigenvalue weighted by Gasteiger charge is 2.44. The maximum Gasteiger partial charge on any atom is 0.239 e. The molecule has 3 aliphatic heterocycles. The van der Waals surface area contributed by atoms with Crippen LogP contribution in [0.25, 0.3) is 0 Å². The van der Waals surface area contributed by atoms with Crippen LogP contribution >= 0.6 is 0 Å². The third kappa shape index (κ3) is 4.70. The zero-order valence-corrected chi connectivity index (χ0v) is 19.8. The van der Waals surface area contributed by atoms with Gasteiger partial charge in [0.15, 0.2) is 11.5 Å². The fourth-order valence-electron chi connectivity index (χ4n) is 6.09. The fourth-order valence-corrected chi connectivity index (χ4v) is 6.09. The van der Waals surface area contributed by atoms with Crippen molar-refractivity contribution in [2.24, 2.45) is 11.8 Å².